The van der Waals surface area contributed by atoms with Gasteiger partial charge in [0, 0.05) is 11.6 Å². The fraction of sp³-hybridized carbons (Fsp3) is 0.231. The number of primary amides is 1. The van der Waals surface area contributed by atoms with Crippen molar-refractivity contribution in [1.82, 2.24) is 4.57 Å². The van der Waals surface area contributed by atoms with E-state index in [9.17, 15) is 14.5 Å². The Morgan fingerprint density at radius 3 is 2.75 bits per heavy atom. The number of nitrogens with zero attached hydrogens (tertiary/aromatic N) is 2. The number of esters is 1. The highest BCUT2D eigenvalue weighted by Gasteiger charge is 2.14. The molecule has 20 heavy (non-hydrogen) atoms. The van der Waals surface area contributed by atoms with Gasteiger partial charge in [0.1, 0.15) is 5.69 Å². The van der Waals surface area contributed by atoms with Gasteiger partial charge in [-0.15, -0.1) is 4.91 Å². The number of benzene rings is 1. The minimum Gasteiger partial charge on any atom is -0.466 e. The van der Waals surface area contributed by atoms with Crippen LogP contribution in [0.3, 0.4) is 0 Å². The van der Waals surface area contributed by atoms with Crippen molar-refractivity contribution in [2.75, 3.05) is 6.61 Å². The molecular weight excluding hydrogens is 262 g/mol. The molecule has 0 aliphatic rings. The van der Waals surface area contributed by atoms with Crippen LogP contribution in [-0.2, 0) is 16.0 Å². The van der Waals surface area contributed by atoms with Crippen molar-refractivity contribution in [1.29, 1.82) is 0 Å². The maximum Gasteiger partial charge on any atom is 0.323 e. The first kappa shape index (κ1) is 13.7. The number of hydrogen-bond donors (Lipinski definition) is 1. The third-order valence-corrected chi connectivity index (χ3v) is 2.84. The summed E-state index contributed by atoms with van der Waals surface area (Å²) in [7, 11) is 0. The van der Waals surface area contributed by atoms with E-state index in [1.807, 2.05) is 0 Å². The molecule has 0 bridgehead atoms. The van der Waals surface area contributed by atoms with Crippen LogP contribution in [-0.4, -0.2) is 23.2 Å². The molecule has 2 aromatic rings. The lowest BCUT2D eigenvalue weighted by Gasteiger charge is -2.03. The van der Waals surface area contributed by atoms with Gasteiger partial charge in [-0.25, -0.2) is 4.79 Å². The Kier molecular flexibility index (Phi) is 3.79. The van der Waals surface area contributed by atoms with E-state index in [0.29, 0.717) is 23.1 Å². The molecule has 7 heteroatoms. The topological polar surface area (TPSA) is 104 Å². The van der Waals surface area contributed by atoms with Crippen molar-refractivity contribution in [3.8, 4) is 0 Å². The lowest BCUT2D eigenvalue weighted by molar-refractivity contribution is -0.142. The van der Waals surface area contributed by atoms with E-state index in [1.165, 1.54) is 6.20 Å². The molecule has 0 fully saturated rings. The Morgan fingerprint density at radius 2 is 2.15 bits per heavy atom. The van der Waals surface area contributed by atoms with Gasteiger partial charge in [-0.2, -0.15) is 0 Å². The molecule has 0 atom stereocenters. The minimum atomic E-state index is -0.706. The summed E-state index contributed by atoms with van der Waals surface area (Å²) in [4.78, 5) is 33.5. The van der Waals surface area contributed by atoms with Crippen LogP contribution in [0.25, 0.3) is 10.9 Å². The summed E-state index contributed by atoms with van der Waals surface area (Å²) < 4.78 is 5.99. The lowest BCUT2D eigenvalue weighted by atomic mass is 10.1. The van der Waals surface area contributed by atoms with E-state index in [2.05, 4.69) is 5.18 Å². The average Bonchev–Trinajstić information content (AvgIpc) is 2.77. The summed E-state index contributed by atoms with van der Waals surface area (Å²) in [6.45, 7) is 2.03. The highest BCUT2D eigenvalue weighted by Crippen LogP contribution is 2.29. The number of nitroso groups, excluding NO2 is 1. The Bertz CT molecular complexity index is 690. The monoisotopic (exact) mass is 275 g/mol. The minimum absolute atomic E-state index is 0.0871. The summed E-state index contributed by atoms with van der Waals surface area (Å²) in [5.74, 6) is -0.359. The Morgan fingerprint density at radius 1 is 1.40 bits per heavy atom. The number of carbonyl (C=O) groups is 2. The second kappa shape index (κ2) is 5.52. The number of carbonyl (C=O) groups excluding carboxylic acids is 2. The van der Waals surface area contributed by atoms with E-state index < -0.39 is 6.03 Å². The van der Waals surface area contributed by atoms with E-state index >= 15 is 0 Å². The normalized spacial score (nSPS) is 10.4. The predicted molar refractivity (Wildman–Crippen MR) is 72.7 cm³/mol. The SMILES string of the molecule is CCOC(=O)Cc1ccc2c(c1)c(N=O)cn2C(N)=O. The zero-order valence-electron chi connectivity index (χ0n) is 10.8. The van der Waals surface area contributed by atoms with Gasteiger partial charge in [-0.05, 0) is 29.8 Å². The van der Waals surface area contributed by atoms with Crippen LogP contribution in [0.1, 0.15) is 12.5 Å². The van der Waals surface area contributed by atoms with Crippen LogP contribution in [0.5, 0.6) is 0 Å². The van der Waals surface area contributed by atoms with Crippen LogP contribution in [0, 0.1) is 4.91 Å². The molecule has 0 saturated carbocycles. The number of hydrogen-bond acceptors (Lipinski definition) is 5. The summed E-state index contributed by atoms with van der Waals surface area (Å²) in [6, 6.07) is 4.21. The zero-order valence-corrected chi connectivity index (χ0v) is 10.8. The summed E-state index contributed by atoms with van der Waals surface area (Å²) in [6.07, 6.45) is 1.36. The van der Waals surface area contributed by atoms with Crippen molar-refractivity contribution < 1.29 is 14.3 Å². The van der Waals surface area contributed by atoms with Gasteiger partial charge in [-0.1, -0.05) is 6.07 Å². The van der Waals surface area contributed by atoms with Crippen molar-refractivity contribution >= 4 is 28.6 Å². The highest BCUT2D eigenvalue weighted by atomic mass is 16.5. The molecule has 1 aromatic heterocycles. The summed E-state index contributed by atoms with van der Waals surface area (Å²) in [5.41, 5.74) is 6.46. The quantitative estimate of drug-likeness (QED) is 0.681. The number of fused-ring (bicyclic) bond motifs is 1. The van der Waals surface area contributed by atoms with Gasteiger partial charge in [-0.3, -0.25) is 9.36 Å². The van der Waals surface area contributed by atoms with Crippen molar-refractivity contribution in [3.63, 3.8) is 0 Å². The Balaban J connectivity index is 2.45. The second-order valence-corrected chi connectivity index (χ2v) is 4.15. The van der Waals surface area contributed by atoms with Crippen molar-refractivity contribution in [2.45, 2.75) is 13.3 Å². The third-order valence-electron chi connectivity index (χ3n) is 2.84. The van der Waals surface area contributed by atoms with Crippen LogP contribution in [0.4, 0.5) is 10.5 Å². The summed E-state index contributed by atoms with van der Waals surface area (Å²) >= 11 is 0. The zero-order chi connectivity index (χ0) is 14.7. The van der Waals surface area contributed by atoms with Gasteiger partial charge < -0.3 is 10.5 Å². The number of rotatable bonds is 4. The Labute approximate surface area is 114 Å². The van der Waals surface area contributed by atoms with Crippen LogP contribution in [0.2, 0.25) is 0 Å². The maximum absolute atomic E-state index is 11.4. The molecule has 1 heterocycles. The fourth-order valence-corrected chi connectivity index (χ4v) is 2.00. The molecule has 7 nitrogen and oxygen atoms in total. The number of amides is 1. The molecule has 0 radical (unpaired) electrons. The van der Waals surface area contributed by atoms with Crippen LogP contribution >= 0.6 is 0 Å². The molecule has 0 unspecified atom stereocenters. The number of nitrogens with two attached hydrogens (primary N) is 1. The molecule has 0 aliphatic carbocycles. The first-order valence-electron chi connectivity index (χ1n) is 5.99. The molecule has 2 N–H and O–H groups in total. The van der Waals surface area contributed by atoms with Gasteiger partial charge in [0.05, 0.1) is 18.5 Å². The predicted octanol–water partition coefficient (Wildman–Crippen LogP) is 2.07. The third kappa shape index (κ3) is 2.51. The molecule has 104 valence electrons. The molecule has 0 spiro atoms. The van der Waals surface area contributed by atoms with E-state index in [-0.39, 0.29) is 18.1 Å². The van der Waals surface area contributed by atoms with Crippen molar-refractivity contribution in [2.24, 2.45) is 10.9 Å². The standard InChI is InChI=1S/C13H13N3O4/c1-2-20-12(17)6-8-3-4-11-9(5-8)10(15-19)7-16(11)13(14)18/h3-5,7H,2,6H2,1H3,(H2,14,18). The fourth-order valence-electron chi connectivity index (χ4n) is 2.00. The number of aromatic nitrogens is 1. The second-order valence-electron chi connectivity index (χ2n) is 4.15. The van der Waals surface area contributed by atoms with E-state index in [1.54, 1.807) is 25.1 Å². The van der Waals surface area contributed by atoms with Crippen molar-refractivity contribution in [3.05, 3.63) is 34.9 Å². The maximum atomic E-state index is 11.4. The van der Waals surface area contributed by atoms with E-state index in [4.69, 9.17) is 10.5 Å². The molecule has 1 amide bonds. The van der Waals surface area contributed by atoms with Gasteiger partial charge in [0.2, 0.25) is 0 Å². The van der Waals surface area contributed by atoms with Gasteiger partial charge >= 0.3 is 12.0 Å². The molecule has 1 aromatic carbocycles. The molecule has 2 rings (SSSR count). The smallest absolute Gasteiger partial charge is 0.323 e. The highest BCUT2D eigenvalue weighted by molar-refractivity contribution is 5.98. The molecule has 0 aliphatic heterocycles. The Hall–Kier alpha value is -2.70. The van der Waals surface area contributed by atoms with Gasteiger partial charge in [0.15, 0.2) is 0 Å². The first-order valence-corrected chi connectivity index (χ1v) is 5.99. The largest absolute Gasteiger partial charge is 0.466 e. The lowest BCUT2D eigenvalue weighted by Crippen LogP contribution is -2.18. The number of ether oxygens (including phenoxy) is 1. The van der Waals surface area contributed by atoms with E-state index in [0.717, 1.165) is 4.57 Å². The van der Waals surface area contributed by atoms with Crippen LogP contribution < -0.4 is 5.73 Å². The van der Waals surface area contributed by atoms with Crippen LogP contribution in [0.15, 0.2) is 29.6 Å². The molecule has 0 saturated heterocycles. The average molecular weight is 275 g/mol. The molecular formula is C13H13N3O4. The van der Waals surface area contributed by atoms with Gasteiger partial charge in [0.25, 0.3) is 0 Å². The first-order chi connectivity index (χ1) is 9.56. The summed E-state index contributed by atoms with van der Waals surface area (Å²) in [5, 5.41) is 3.34.